The lowest BCUT2D eigenvalue weighted by atomic mass is 9.99. The summed E-state index contributed by atoms with van der Waals surface area (Å²) in [4.78, 5) is 0. The quantitative estimate of drug-likeness (QED) is 0.234. The molecule has 0 unspecified atom stereocenters. The molecule has 36 heavy (non-hydrogen) atoms. The number of hydrogen-bond donors (Lipinski definition) is 0. The molecule has 0 aliphatic carbocycles. The molecule has 2 heteroatoms. The van der Waals surface area contributed by atoms with Crippen LogP contribution in [0.25, 0.3) is 69.6 Å². The Bertz CT molecular complexity index is 2090. The van der Waals surface area contributed by atoms with Crippen LogP contribution in [-0.4, -0.2) is 4.57 Å². The van der Waals surface area contributed by atoms with Crippen LogP contribution in [0.15, 0.2) is 127 Å². The molecule has 8 aromatic rings. The molecule has 0 spiro atoms. The summed E-state index contributed by atoms with van der Waals surface area (Å²) in [5.41, 5.74) is 6.23. The maximum atomic E-state index is 2.45. The molecular formula is C34H21NS. The van der Waals surface area contributed by atoms with Crippen molar-refractivity contribution in [3.63, 3.8) is 0 Å². The fraction of sp³-hybridized carbons (Fsp3) is 0. The second kappa shape index (κ2) is 7.55. The Morgan fingerprint density at radius 1 is 0.472 bits per heavy atom. The van der Waals surface area contributed by atoms with Crippen molar-refractivity contribution >= 4 is 64.1 Å². The van der Waals surface area contributed by atoms with Gasteiger partial charge in [0.1, 0.15) is 0 Å². The van der Waals surface area contributed by atoms with Gasteiger partial charge in [0.2, 0.25) is 0 Å². The van der Waals surface area contributed by atoms with Gasteiger partial charge in [-0.25, -0.2) is 0 Å². The van der Waals surface area contributed by atoms with Crippen molar-refractivity contribution < 1.29 is 0 Å². The summed E-state index contributed by atoms with van der Waals surface area (Å²) in [6.45, 7) is 0. The fourth-order valence-electron chi connectivity index (χ4n) is 5.67. The molecule has 0 saturated carbocycles. The van der Waals surface area contributed by atoms with E-state index in [2.05, 4.69) is 132 Å². The molecule has 0 atom stereocenters. The average molecular weight is 476 g/mol. The third-order valence-electron chi connectivity index (χ3n) is 7.37. The van der Waals surface area contributed by atoms with Gasteiger partial charge in [-0.3, -0.25) is 0 Å². The normalized spacial score (nSPS) is 11.9. The number of para-hydroxylation sites is 1. The van der Waals surface area contributed by atoms with Crippen molar-refractivity contribution in [2.45, 2.75) is 0 Å². The summed E-state index contributed by atoms with van der Waals surface area (Å²) in [7, 11) is 0. The minimum atomic E-state index is 1.20. The number of fused-ring (bicyclic) bond motifs is 8. The van der Waals surface area contributed by atoms with E-state index in [0.717, 1.165) is 0 Å². The summed E-state index contributed by atoms with van der Waals surface area (Å²) in [6.07, 6.45) is 0. The zero-order valence-corrected chi connectivity index (χ0v) is 20.3. The zero-order valence-electron chi connectivity index (χ0n) is 19.5. The lowest BCUT2D eigenvalue weighted by Gasteiger charge is -2.09. The van der Waals surface area contributed by atoms with Crippen molar-refractivity contribution in [3.05, 3.63) is 127 Å². The maximum absolute atomic E-state index is 2.45. The lowest BCUT2D eigenvalue weighted by molar-refractivity contribution is 1.19. The summed E-state index contributed by atoms with van der Waals surface area (Å²) >= 11 is 1.90. The number of rotatable bonds is 2. The Morgan fingerprint density at radius 2 is 1.19 bits per heavy atom. The molecule has 0 fully saturated rings. The molecule has 8 rings (SSSR count). The Hall–Kier alpha value is -4.40. The van der Waals surface area contributed by atoms with E-state index >= 15 is 0 Å². The van der Waals surface area contributed by atoms with Crippen LogP contribution in [0.5, 0.6) is 0 Å². The first-order chi connectivity index (χ1) is 17.8. The SMILES string of the molecule is c1ccc(-n2c3ccc(-c4ccc5ccccc5c4)cc3c3ccc4c5ccccc5sc4c32)cc1. The molecule has 0 saturated heterocycles. The first-order valence-electron chi connectivity index (χ1n) is 12.3. The van der Waals surface area contributed by atoms with E-state index in [9.17, 15) is 0 Å². The van der Waals surface area contributed by atoms with Crippen molar-refractivity contribution in [2.75, 3.05) is 0 Å². The van der Waals surface area contributed by atoms with Gasteiger partial charge in [-0.15, -0.1) is 11.3 Å². The van der Waals surface area contributed by atoms with E-state index in [0.29, 0.717) is 0 Å². The molecule has 2 aromatic heterocycles. The Morgan fingerprint density at radius 3 is 2.11 bits per heavy atom. The zero-order chi connectivity index (χ0) is 23.6. The molecule has 0 aliphatic rings. The van der Waals surface area contributed by atoms with Crippen LogP contribution in [-0.2, 0) is 0 Å². The highest BCUT2D eigenvalue weighted by atomic mass is 32.1. The summed E-state index contributed by atoms with van der Waals surface area (Å²) in [5.74, 6) is 0. The van der Waals surface area contributed by atoms with Crippen molar-refractivity contribution in [3.8, 4) is 16.8 Å². The van der Waals surface area contributed by atoms with E-state index in [4.69, 9.17) is 0 Å². The largest absolute Gasteiger partial charge is 0.308 e. The van der Waals surface area contributed by atoms with Crippen LogP contribution in [0, 0.1) is 0 Å². The van der Waals surface area contributed by atoms with Gasteiger partial charge >= 0.3 is 0 Å². The van der Waals surface area contributed by atoms with E-state index in [1.54, 1.807) is 0 Å². The van der Waals surface area contributed by atoms with E-state index in [1.807, 2.05) is 11.3 Å². The fourth-order valence-corrected chi connectivity index (χ4v) is 6.92. The third-order valence-corrected chi connectivity index (χ3v) is 8.56. The Labute approximate surface area is 212 Å². The minimum Gasteiger partial charge on any atom is -0.308 e. The van der Waals surface area contributed by atoms with Gasteiger partial charge in [0.15, 0.2) is 0 Å². The topological polar surface area (TPSA) is 4.93 Å². The second-order valence-corrected chi connectivity index (χ2v) is 10.5. The minimum absolute atomic E-state index is 1.20. The molecule has 0 amide bonds. The van der Waals surface area contributed by atoms with Crippen LogP contribution >= 0.6 is 11.3 Å². The smallest absolute Gasteiger partial charge is 0.0719 e. The van der Waals surface area contributed by atoms with E-state index in [1.165, 1.54) is 69.6 Å². The monoisotopic (exact) mass is 475 g/mol. The van der Waals surface area contributed by atoms with Gasteiger partial charge < -0.3 is 4.57 Å². The summed E-state index contributed by atoms with van der Waals surface area (Å²) in [5, 5.41) is 7.80. The highest BCUT2D eigenvalue weighted by molar-refractivity contribution is 7.26. The third kappa shape index (κ3) is 2.82. The van der Waals surface area contributed by atoms with Gasteiger partial charge in [-0.2, -0.15) is 0 Å². The number of nitrogens with zero attached hydrogens (tertiary/aromatic N) is 1. The van der Waals surface area contributed by atoms with E-state index in [-0.39, 0.29) is 0 Å². The molecule has 0 radical (unpaired) electrons. The number of thiophene rings is 1. The van der Waals surface area contributed by atoms with Gasteiger partial charge in [-0.05, 0) is 58.3 Å². The average Bonchev–Trinajstić information content (AvgIpc) is 3.49. The predicted molar refractivity (Wildman–Crippen MR) is 157 cm³/mol. The highest BCUT2D eigenvalue weighted by Gasteiger charge is 2.18. The Balaban J connectivity index is 1.48. The van der Waals surface area contributed by atoms with Gasteiger partial charge in [-0.1, -0.05) is 91.0 Å². The number of hydrogen-bond acceptors (Lipinski definition) is 1. The standard InChI is InChI=1S/C34H21NS/c1-2-10-26(11-3-1)35-31-19-16-25(24-15-14-22-8-4-5-9-23(22)20-24)21-30(31)28-17-18-29-27-12-6-7-13-32(27)36-34(29)33(28)35/h1-21H. The van der Waals surface area contributed by atoms with Crippen LogP contribution in [0.2, 0.25) is 0 Å². The maximum Gasteiger partial charge on any atom is 0.0719 e. The molecule has 0 N–H and O–H groups in total. The van der Waals surface area contributed by atoms with Crippen LogP contribution in [0.3, 0.4) is 0 Å². The molecule has 2 heterocycles. The van der Waals surface area contributed by atoms with Crippen molar-refractivity contribution in [1.82, 2.24) is 4.57 Å². The molecule has 0 aliphatic heterocycles. The Kier molecular flexibility index (Phi) is 4.16. The lowest BCUT2D eigenvalue weighted by Crippen LogP contribution is -1.93. The van der Waals surface area contributed by atoms with Gasteiger partial charge in [0.05, 0.1) is 15.7 Å². The summed E-state index contributed by atoms with van der Waals surface area (Å²) in [6, 6.07) is 46.4. The first-order valence-corrected chi connectivity index (χ1v) is 13.1. The van der Waals surface area contributed by atoms with Gasteiger partial charge in [0.25, 0.3) is 0 Å². The van der Waals surface area contributed by atoms with Gasteiger partial charge in [0, 0.05) is 31.9 Å². The second-order valence-electron chi connectivity index (χ2n) is 9.40. The molecule has 1 nitrogen and oxygen atoms in total. The van der Waals surface area contributed by atoms with Crippen LogP contribution in [0.1, 0.15) is 0 Å². The molecular weight excluding hydrogens is 454 g/mol. The number of benzene rings is 6. The first kappa shape index (κ1) is 19.9. The molecule has 0 bridgehead atoms. The highest BCUT2D eigenvalue weighted by Crippen LogP contribution is 2.43. The molecule has 168 valence electrons. The van der Waals surface area contributed by atoms with Crippen LogP contribution < -0.4 is 0 Å². The predicted octanol–water partition coefficient (Wildman–Crippen LogP) is 9.97. The van der Waals surface area contributed by atoms with Crippen molar-refractivity contribution in [2.24, 2.45) is 0 Å². The molecule has 6 aromatic carbocycles. The van der Waals surface area contributed by atoms with E-state index < -0.39 is 0 Å². The number of aromatic nitrogens is 1. The van der Waals surface area contributed by atoms with Crippen molar-refractivity contribution in [1.29, 1.82) is 0 Å². The van der Waals surface area contributed by atoms with Crippen LogP contribution in [0.4, 0.5) is 0 Å². The summed E-state index contributed by atoms with van der Waals surface area (Å²) < 4.78 is 5.13.